The van der Waals surface area contributed by atoms with Crippen molar-refractivity contribution in [2.24, 2.45) is 7.05 Å². The van der Waals surface area contributed by atoms with Gasteiger partial charge in [0.1, 0.15) is 5.75 Å². The largest absolute Gasteiger partial charge is 0.494 e. The van der Waals surface area contributed by atoms with Crippen molar-refractivity contribution in [1.82, 2.24) is 15.1 Å². The van der Waals surface area contributed by atoms with Crippen molar-refractivity contribution in [1.29, 1.82) is 0 Å². The third kappa shape index (κ3) is 3.85. The van der Waals surface area contributed by atoms with E-state index in [4.69, 9.17) is 4.74 Å². The molecule has 1 aromatic carbocycles. The molecule has 1 heterocycles. The van der Waals surface area contributed by atoms with Gasteiger partial charge in [0.05, 0.1) is 12.3 Å². The zero-order valence-corrected chi connectivity index (χ0v) is 13.4. The second-order valence-corrected chi connectivity index (χ2v) is 5.19. The average molecular weight is 287 g/mol. The highest BCUT2D eigenvalue weighted by Gasteiger charge is 2.17. The van der Waals surface area contributed by atoms with E-state index in [9.17, 15) is 0 Å². The van der Waals surface area contributed by atoms with Gasteiger partial charge in [0.15, 0.2) is 0 Å². The molecule has 0 spiro atoms. The lowest BCUT2D eigenvalue weighted by Crippen LogP contribution is -2.24. The van der Waals surface area contributed by atoms with Crippen LogP contribution in [0.15, 0.2) is 30.3 Å². The first-order valence-corrected chi connectivity index (χ1v) is 7.60. The van der Waals surface area contributed by atoms with Gasteiger partial charge in [0, 0.05) is 30.8 Å². The number of nitrogens with one attached hydrogen (secondary N) is 1. The van der Waals surface area contributed by atoms with Crippen LogP contribution in [0, 0.1) is 6.92 Å². The van der Waals surface area contributed by atoms with E-state index in [-0.39, 0.29) is 6.04 Å². The number of para-hydroxylation sites is 1. The number of hydrogen-bond acceptors (Lipinski definition) is 3. The van der Waals surface area contributed by atoms with Crippen LogP contribution in [0.3, 0.4) is 0 Å². The summed E-state index contributed by atoms with van der Waals surface area (Å²) in [5.74, 6) is 0.963. The van der Waals surface area contributed by atoms with Gasteiger partial charge in [0.2, 0.25) is 0 Å². The normalized spacial score (nSPS) is 12.4. The summed E-state index contributed by atoms with van der Waals surface area (Å²) < 4.78 is 7.74. The molecule has 4 heteroatoms. The summed E-state index contributed by atoms with van der Waals surface area (Å²) in [6.07, 6.45) is 0.898. The zero-order valence-electron chi connectivity index (χ0n) is 13.4. The molecule has 1 aromatic heterocycles. The number of nitrogens with zero attached hydrogens (tertiary/aromatic N) is 2. The molecule has 21 heavy (non-hydrogen) atoms. The van der Waals surface area contributed by atoms with E-state index in [2.05, 4.69) is 35.5 Å². The molecule has 2 aromatic rings. The van der Waals surface area contributed by atoms with E-state index in [0.29, 0.717) is 6.61 Å². The van der Waals surface area contributed by atoms with Crippen LogP contribution < -0.4 is 10.1 Å². The molecule has 1 unspecified atom stereocenters. The standard InChI is InChI=1S/C17H25N3O/c1-5-18-16(12-14-11-13(3)19-20(14)4)15-9-7-8-10-17(15)21-6-2/h7-11,16,18H,5-6,12H2,1-4H3. The molecule has 0 bridgehead atoms. The smallest absolute Gasteiger partial charge is 0.124 e. The van der Waals surface area contributed by atoms with Crippen LogP contribution in [-0.4, -0.2) is 22.9 Å². The van der Waals surface area contributed by atoms with E-state index in [1.807, 2.05) is 37.7 Å². The highest BCUT2D eigenvalue weighted by Crippen LogP contribution is 2.27. The molecule has 2 rings (SSSR count). The quantitative estimate of drug-likeness (QED) is 0.851. The summed E-state index contributed by atoms with van der Waals surface area (Å²) >= 11 is 0. The maximum absolute atomic E-state index is 5.78. The number of likely N-dealkylation sites (N-methyl/N-ethyl adjacent to an activating group) is 1. The number of rotatable bonds is 7. The molecule has 0 saturated heterocycles. The zero-order chi connectivity index (χ0) is 15.2. The Morgan fingerprint density at radius 1 is 1.29 bits per heavy atom. The minimum absolute atomic E-state index is 0.229. The van der Waals surface area contributed by atoms with Gasteiger partial charge in [-0.1, -0.05) is 25.1 Å². The Labute approximate surface area is 127 Å². The first kappa shape index (κ1) is 15.6. The van der Waals surface area contributed by atoms with Crippen molar-refractivity contribution in [3.8, 4) is 5.75 Å². The monoisotopic (exact) mass is 287 g/mol. The molecule has 0 aliphatic heterocycles. The fourth-order valence-electron chi connectivity index (χ4n) is 2.66. The van der Waals surface area contributed by atoms with Crippen molar-refractivity contribution in [2.45, 2.75) is 33.2 Å². The van der Waals surface area contributed by atoms with Crippen LogP contribution in [0.25, 0.3) is 0 Å². The molecule has 1 atom stereocenters. The predicted octanol–water partition coefficient (Wildman–Crippen LogP) is 3.02. The maximum Gasteiger partial charge on any atom is 0.124 e. The number of hydrogen-bond donors (Lipinski definition) is 1. The second-order valence-electron chi connectivity index (χ2n) is 5.19. The lowest BCUT2D eigenvalue weighted by Gasteiger charge is -2.21. The molecule has 0 amide bonds. The van der Waals surface area contributed by atoms with Gasteiger partial charge in [-0.25, -0.2) is 0 Å². The molecule has 0 saturated carbocycles. The summed E-state index contributed by atoms with van der Waals surface area (Å²) in [5, 5.41) is 8.00. The van der Waals surface area contributed by atoms with Gasteiger partial charge in [-0.05, 0) is 32.5 Å². The third-order valence-electron chi connectivity index (χ3n) is 3.56. The van der Waals surface area contributed by atoms with Crippen molar-refractivity contribution in [3.05, 3.63) is 47.3 Å². The molecule has 114 valence electrons. The van der Waals surface area contributed by atoms with Crippen molar-refractivity contribution in [2.75, 3.05) is 13.2 Å². The summed E-state index contributed by atoms with van der Waals surface area (Å²) in [5.41, 5.74) is 3.49. The van der Waals surface area contributed by atoms with Crippen LogP contribution in [0.2, 0.25) is 0 Å². The number of aromatic nitrogens is 2. The number of aryl methyl sites for hydroxylation is 2. The van der Waals surface area contributed by atoms with Crippen LogP contribution in [0.1, 0.15) is 36.8 Å². The van der Waals surface area contributed by atoms with Crippen LogP contribution in [0.5, 0.6) is 5.75 Å². The van der Waals surface area contributed by atoms with E-state index in [1.54, 1.807) is 0 Å². The van der Waals surface area contributed by atoms with Gasteiger partial charge in [-0.2, -0.15) is 5.10 Å². The topological polar surface area (TPSA) is 39.1 Å². The molecular formula is C17H25N3O. The van der Waals surface area contributed by atoms with Gasteiger partial charge in [0.25, 0.3) is 0 Å². The van der Waals surface area contributed by atoms with Crippen molar-refractivity contribution < 1.29 is 4.74 Å². The lowest BCUT2D eigenvalue weighted by atomic mass is 10.0. The first-order valence-electron chi connectivity index (χ1n) is 7.60. The Morgan fingerprint density at radius 2 is 2.05 bits per heavy atom. The van der Waals surface area contributed by atoms with Crippen LogP contribution in [-0.2, 0) is 13.5 Å². The lowest BCUT2D eigenvalue weighted by molar-refractivity contribution is 0.331. The van der Waals surface area contributed by atoms with Gasteiger partial charge in [-0.3, -0.25) is 4.68 Å². The third-order valence-corrected chi connectivity index (χ3v) is 3.56. The Bertz CT molecular complexity index is 577. The Hall–Kier alpha value is -1.81. The molecular weight excluding hydrogens is 262 g/mol. The first-order chi connectivity index (χ1) is 10.2. The fraction of sp³-hybridized carbons (Fsp3) is 0.471. The van der Waals surface area contributed by atoms with Crippen LogP contribution in [0.4, 0.5) is 0 Å². The summed E-state index contributed by atoms with van der Waals surface area (Å²) in [7, 11) is 2.00. The van der Waals surface area contributed by atoms with E-state index < -0.39 is 0 Å². The minimum atomic E-state index is 0.229. The molecule has 0 fully saturated rings. The molecule has 0 aliphatic rings. The minimum Gasteiger partial charge on any atom is -0.494 e. The summed E-state index contributed by atoms with van der Waals surface area (Å²) in [4.78, 5) is 0. The fourth-order valence-corrected chi connectivity index (χ4v) is 2.66. The molecule has 0 radical (unpaired) electrons. The van der Waals surface area contributed by atoms with Crippen molar-refractivity contribution in [3.63, 3.8) is 0 Å². The highest BCUT2D eigenvalue weighted by molar-refractivity contribution is 5.36. The summed E-state index contributed by atoms with van der Waals surface area (Å²) in [6, 6.07) is 10.6. The average Bonchev–Trinajstić information content (AvgIpc) is 2.77. The number of benzene rings is 1. The van der Waals surface area contributed by atoms with Gasteiger partial charge < -0.3 is 10.1 Å². The molecule has 1 N–H and O–H groups in total. The van der Waals surface area contributed by atoms with E-state index in [1.165, 1.54) is 11.3 Å². The Morgan fingerprint density at radius 3 is 2.67 bits per heavy atom. The maximum atomic E-state index is 5.78. The SMILES string of the molecule is CCNC(Cc1cc(C)nn1C)c1ccccc1OCC. The Balaban J connectivity index is 2.28. The Kier molecular flexibility index (Phi) is 5.39. The van der Waals surface area contributed by atoms with Crippen molar-refractivity contribution >= 4 is 0 Å². The van der Waals surface area contributed by atoms with Crippen LogP contribution >= 0.6 is 0 Å². The molecule has 4 nitrogen and oxygen atoms in total. The summed E-state index contributed by atoms with van der Waals surface area (Å²) in [6.45, 7) is 7.77. The predicted molar refractivity (Wildman–Crippen MR) is 85.7 cm³/mol. The highest BCUT2D eigenvalue weighted by atomic mass is 16.5. The van der Waals surface area contributed by atoms with Gasteiger partial charge >= 0.3 is 0 Å². The van der Waals surface area contributed by atoms with E-state index >= 15 is 0 Å². The van der Waals surface area contributed by atoms with E-state index in [0.717, 1.165) is 24.4 Å². The second kappa shape index (κ2) is 7.27. The molecule has 0 aliphatic carbocycles. The van der Waals surface area contributed by atoms with Gasteiger partial charge in [-0.15, -0.1) is 0 Å². The number of ether oxygens (including phenoxy) is 1.